The number of nitrogens with zero attached hydrogens (tertiary/aromatic N) is 2. The monoisotopic (exact) mass is 330 g/mol. The lowest BCUT2D eigenvalue weighted by molar-refractivity contribution is 0.0931. The Labute approximate surface area is 141 Å². The number of nitrogens with one attached hydrogen (secondary N) is 2. The van der Waals surface area contributed by atoms with Gasteiger partial charge in [0.15, 0.2) is 0 Å². The molecule has 0 spiro atoms. The summed E-state index contributed by atoms with van der Waals surface area (Å²) >= 11 is 0. The fraction of sp³-hybridized carbons (Fsp3) is 0.353. The van der Waals surface area contributed by atoms with Crippen LogP contribution < -0.4 is 15.4 Å². The minimum atomic E-state index is -0.245. The molecule has 2 N–H and O–H groups in total. The van der Waals surface area contributed by atoms with Gasteiger partial charge in [0.05, 0.1) is 13.7 Å². The number of aryl methyl sites for hydroxylation is 1. The molecule has 128 valence electrons. The number of ether oxygens (including phenoxy) is 2. The Morgan fingerprint density at radius 3 is 2.58 bits per heavy atom. The molecular weight excluding hydrogens is 308 g/mol. The molecule has 1 heterocycles. The standard InChI is InChI=1S/C17H22N4O3/c1-12-20-15(17(22)18-8-9-23-2)10-16(21-12)19-11-13-4-6-14(24-3)7-5-13/h4-7,10H,8-9,11H2,1-3H3,(H,18,22)(H,19,20,21). The summed E-state index contributed by atoms with van der Waals surface area (Å²) in [6, 6.07) is 9.38. The molecule has 0 aliphatic carbocycles. The molecule has 1 aromatic carbocycles. The van der Waals surface area contributed by atoms with E-state index < -0.39 is 0 Å². The van der Waals surface area contributed by atoms with Crippen LogP contribution in [0.3, 0.4) is 0 Å². The molecule has 0 radical (unpaired) electrons. The van der Waals surface area contributed by atoms with Crippen LogP contribution in [0.5, 0.6) is 5.75 Å². The van der Waals surface area contributed by atoms with E-state index in [2.05, 4.69) is 20.6 Å². The van der Waals surface area contributed by atoms with Crippen LogP contribution in [0, 0.1) is 6.92 Å². The van der Waals surface area contributed by atoms with Crippen molar-refractivity contribution in [1.29, 1.82) is 0 Å². The third kappa shape index (κ3) is 5.20. The van der Waals surface area contributed by atoms with Gasteiger partial charge in [-0.25, -0.2) is 9.97 Å². The van der Waals surface area contributed by atoms with E-state index in [1.807, 2.05) is 24.3 Å². The van der Waals surface area contributed by atoms with E-state index in [4.69, 9.17) is 9.47 Å². The van der Waals surface area contributed by atoms with Crippen LogP contribution in [-0.2, 0) is 11.3 Å². The molecule has 0 atom stereocenters. The van der Waals surface area contributed by atoms with Crippen molar-refractivity contribution in [3.8, 4) is 5.75 Å². The van der Waals surface area contributed by atoms with Crippen molar-refractivity contribution in [2.75, 3.05) is 32.7 Å². The molecule has 0 saturated heterocycles. The first-order valence-electron chi connectivity index (χ1n) is 7.62. The number of anilines is 1. The van der Waals surface area contributed by atoms with Crippen LogP contribution in [-0.4, -0.2) is 43.2 Å². The smallest absolute Gasteiger partial charge is 0.270 e. The first kappa shape index (κ1) is 17.7. The third-order valence-corrected chi connectivity index (χ3v) is 3.30. The van der Waals surface area contributed by atoms with Crippen LogP contribution >= 0.6 is 0 Å². The van der Waals surface area contributed by atoms with E-state index in [0.29, 0.717) is 37.0 Å². The van der Waals surface area contributed by atoms with Crippen molar-refractivity contribution in [3.05, 3.63) is 47.4 Å². The number of carbonyl (C=O) groups excluding carboxylic acids is 1. The zero-order valence-electron chi connectivity index (χ0n) is 14.1. The summed E-state index contributed by atoms with van der Waals surface area (Å²) in [7, 11) is 3.22. The number of rotatable bonds is 8. The highest BCUT2D eigenvalue weighted by Gasteiger charge is 2.10. The molecule has 0 bridgehead atoms. The predicted molar refractivity (Wildman–Crippen MR) is 91.3 cm³/mol. The number of hydrogen-bond donors (Lipinski definition) is 2. The van der Waals surface area contributed by atoms with Gasteiger partial charge in [-0.1, -0.05) is 12.1 Å². The Hall–Kier alpha value is -2.67. The second kappa shape index (κ2) is 8.83. The van der Waals surface area contributed by atoms with Crippen LogP contribution in [0.25, 0.3) is 0 Å². The minimum Gasteiger partial charge on any atom is -0.497 e. The van der Waals surface area contributed by atoms with Gasteiger partial charge in [0.1, 0.15) is 23.1 Å². The van der Waals surface area contributed by atoms with Gasteiger partial charge in [-0.2, -0.15) is 0 Å². The average molecular weight is 330 g/mol. The molecule has 2 aromatic rings. The fourth-order valence-corrected chi connectivity index (χ4v) is 2.07. The summed E-state index contributed by atoms with van der Waals surface area (Å²) in [6.07, 6.45) is 0. The summed E-state index contributed by atoms with van der Waals surface area (Å²) < 4.78 is 10.0. The molecule has 2 rings (SSSR count). The number of aromatic nitrogens is 2. The predicted octanol–water partition coefficient (Wildman–Crippen LogP) is 1.78. The largest absolute Gasteiger partial charge is 0.497 e. The van der Waals surface area contributed by atoms with E-state index >= 15 is 0 Å². The third-order valence-electron chi connectivity index (χ3n) is 3.30. The zero-order valence-corrected chi connectivity index (χ0v) is 14.1. The van der Waals surface area contributed by atoms with E-state index in [9.17, 15) is 4.79 Å². The SMILES string of the molecule is COCCNC(=O)c1cc(NCc2ccc(OC)cc2)nc(C)n1. The van der Waals surface area contributed by atoms with Crippen molar-refractivity contribution in [2.24, 2.45) is 0 Å². The molecule has 0 saturated carbocycles. The second-order valence-corrected chi connectivity index (χ2v) is 5.14. The van der Waals surface area contributed by atoms with Gasteiger partial charge in [0.2, 0.25) is 0 Å². The first-order valence-corrected chi connectivity index (χ1v) is 7.62. The first-order chi connectivity index (χ1) is 11.6. The molecule has 1 amide bonds. The molecular formula is C17H22N4O3. The molecule has 0 fully saturated rings. The molecule has 0 aliphatic rings. The van der Waals surface area contributed by atoms with Gasteiger partial charge in [-0.05, 0) is 24.6 Å². The number of hydrogen-bond acceptors (Lipinski definition) is 6. The number of amides is 1. The summed E-state index contributed by atoms with van der Waals surface area (Å²) in [6.45, 7) is 3.24. The van der Waals surface area contributed by atoms with Gasteiger partial charge in [-0.15, -0.1) is 0 Å². The summed E-state index contributed by atoms with van der Waals surface area (Å²) in [5.41, 5.74) is 1.41. The Bertz CT molecular complexity index is 674. The maximum Gasteiger partial charge on any atom is 0.270 e. The lowest BCUT2D eigenvalue weighted by Crippen LogP contribution is -2.28. The number of carbonyl (C=O) groups is 1. The van der Waals surface area contributed by atoms with E-state index in [1.165, 1.54) is 0 Å². The van der Waals surface area contributed by atoms with Crippen LogP contribution in [0.15, 0.2) is 30.3 Å². The quantitative estimate of drug-likeness (QED) is 0.718. The second-order valence-electron chi connectivity index (χ2n) is 5.14. The molecule has 0 unspecified atom stereocenters. The number of methoxy groups -OCH3 is 2. The lowest BCUT2D eigenvalue weighted by atomic mass is 10.2. The van der Waals surface area contributed by atoms with E-state index in [1.54, 1.807) is 27.2 Å². The average Bonchev–Trinajstić information content (AvgIpc) is 2.60. The topological polar surface area (TPSA) is 85.4 Å². The summed E-state index contributed by atoms with van der Waals surface area (Å²) in [5.74, 6) is 1.71. The highest BCUT2D eigenvalue weighted by Crippen LogP contribution is 2.13. The van der Waals surface area contributed by atoms with Crippen molar-refractivity contribution < 1.29 is 14.3 Å². The van der Waals surface area contributed by atoms with Gasteiger partial charge >= 0.3 is 0 Å². The van der Waals surface area contributed by atoms with Crippen LogP contribution in [0.4, 0.5) is 5.82 Å². The van der Waals surface area contributed by atoms with Crippen LogP contribution in [0.2, 0.25) is 0 Å². The Kier molecular flexibility index (Phi) is 6.51. The van der Waals surface area contributed by atoms with Crippen molar-refractivity contribution in [1.82, 2.24) is 15.3 Å². The maximum absolute atomic E-state index is 12.1. The Balaban J connectivity index is 2.00. The van der Waals surface area contributed by atoms with Crippen molar-refractivity contribution in [2.45, 2.75) is 13.5 Å². The fourth-order valence-electron chi connectivity index (χ4n) is 2.07. The van der Waals surface area contributed by atoms with Crippen molar-refractivity contribution >= 4 is 11.7 Å². The summed E-state index contributed by atoms with van der Waals surface area (Å²) in [5, 5.41) is 5.95. The normalized spacial score (nSPS) is 10.3. The highest BCUT2D eigenvalue weighted by molar-refractivity contribution is 5.92. The Morgan fingerprint density at radius 2 is 1.92 bits per heavy atom. The minimum absolute atomic E-state index is 0.245. The maximum atomic E-state index is 12.1. The lowest BCUT2D eigenvalue weighted by Gasteiger charge is -2.09. The number of benzene rings is 1. The zero-order chi connectivity index (χ0) is 17.4. The molecule has 7 heteroatoms. The van der Waals surface area contributed by atoms with Gasteiger partial charge in [0, 0.05) is 26.3 Å². The molecule has 0 aliphatic heterocycles. The Morgan fingerprint density at radius 1 is 1.17 bits per heavy atom. The highest BCUT2D eigenvalue weighted by atomic mass is 16.5. The molecule has 1 aromatic heterocycles. The molecule has 24 heavy (non-hydrogen) atoms. The van der Waals surface area contributed by atoms with Gasteiger partial charge in [0.25, 0.3) is 5.91 Å². The van der Waals surface area contributed by atoms with Crippen molar-refractivity contribution in [3.63, 3.8) is 0 Å². The summed E-state index contributed by atoms with van der Waals surface area (Å²) in [4.78, 5) is 20.5. The van der Waals surface area contributed by atoms with Crippen LogP contribution in [0.1, 0.15) is 21.9 Å². The van der Waals surface area contributed by atoms with E-state index in [0.717, 1.165) is 11.3 Å². The van der Waals surface area contributed by atoms with Gasteiger partial charge in [-0.3, -0.25) is 4.79 Å². The van der Waals surface area contributed by atoms with Gasteiger partial charge < -0.3 is 20.1 Å². The van der Waals surface area contributed by atoms with E-state index in [-0.39, 0.29) is 5.91 Å². The molecule has 7 nitrogen and oxygen atoms in total.